The number of hydrogen-bond acceptors (Lipinski definition) is 6. The number of rotatable bonds is 8. The van der Waals surface area contributed by atoms with Crippen LogP contribution in [-0.2, 0) is 0 Å². The molecular formula is C66H40N4O2. The van der Waals surface area contributed by atoms with Gasteiger partial charge in [0.2, 0.25) is 0 Å². The molecule has 0 saturated carbocycles. The molecule has 0 N–H and O–H groups in total. The van der Waals surface area contributed by atoms with Crippen LogP contribution >= 0.6 is 0 Å². The van der Waals surface area contributed by atoms with E-state index in [1.54, 1.807) is 0 Å². The molecule has 4 aromatic heterocycles. The third-order valence-corrected chi connectivity index (χ3v) is 13.7. The number of aromatic nitrogens is 4. The van der Waals surface area contributed by atoms with E-state index < -0.39 is 0 Å². The lowest BCUT2D eigenvalue weighted by Crippen LogP contribution is -1.94. The van der Waals surface area contributed by atoms with Gasteiger partial charge in [-0.2, -0.15) is 0 Å². The number of furan rings is 2. The highest BCUT2D eigenvalue weighted by atomic mass is 16.3. The van der Waals surface area contributed by atoms with E-state index in [1.807, 2.05) is 42.5 Å². The van der Waals surface area contributed by atoms with Crippen molar-refractivity contribution >= 4 is 54.9 Å². The van der Waals surface area contributed by atoms with Gasteiger partial charge in [-0.3, -0.25) is 0 Å². The summed E-state index contributed by atoms with van der Waals surface area (Å²) < 4.78 is 13.0. The first-order valence-electron chi connectivity index (χ1n) is 24.1. The predicted octanol–water partition coefficient (Wildman–Crippen LogP) is 17.6. The van der Waals surface area contributed by atoms with Gasteiger partial charge in [0.15, 0.2) is 22.8 Å². The molecule has 0 bridgehead atoms. The Balaban J connectivity index is 0.809. The average molecular weight is 921 g/mol. The summed E-state index contributed by atoms with van der Waals surface area (Å²) in [4.78, 5) is 20.8. The van der Waals surface area contributed by atoms with Crippen LogP contribution in [0.15, 0.2) is 251 Å². The van der Waals surface area contributed by atoms with Crippen molar-refractivity contribution in [1.29, 1.82) is 0 Å². The molecule has 0 atom stereocenters. The van der Waals surface area contributed by atoms with Crippen LogP contribution in [0.2, 0.25) is 0 Å². The van der Waals surface area contributed by atoms with E-state index in [2.05, 4.69) is 200 Å². The quantitative estimate of drug-likeness (QED) is 0.151. The van der Waals surface area contributed by atoms with Crippen molar-refractivity contribution in [3.8, 4) is 89.8 Å². The first-order valence-corrected chi connectivity index (χ1v) is 24.1. The SMILES string of the molecule is c1ccc(-c2ccc(-c3nc(-c4cccc(-c5cccc(-c6cccc(-c7cccc(-c8nc(-c9ccc%10ccccc%10c9)c9oc%10ccccc%10c9n8)c7)c6)c5)c4)c4oc5ccccc5c4n3)cc2)cc1. The minimum Gasteiger partial charge on any atom is -0.452 e. The zero-order chi connectivity index (χ0) is 47.5. The third kappa shape index (κ3) is 7.29. The lowest BCUT2D eigenvalue weighted by Gasteiger charge is -2.11. The Morgan fingerprint density at radius 3 is 1.18 bits per heavy atom. The van der Waals surface area contributed by atoms with Crippen LogP contribution in [-0.4, -0.2) is 19.9 Å². The maximum atomic E-state index is 6.54. The van der Waals surface area contributed by atoms with Gasteiger partial charge in [0.25, 0.3) is 0 Å². The summed E-state index contributed by atoms with van der Waals surface area (Å²) >= 11 is 0. The van der Waals surface area contributed by atoms with Crippen LogP contribution in [0.25, 0.3) is 145 Å². The molecule has 0 unspecified atom stereocenters. The van der Waals surface area contributed by atoms with Gasteiger partial charge in [0.05, 0.1) is 0 Å². The molecule has 10 aromatic carbocycles. The summed E-state index contributed by atoms with van der Waals surface area (Å²) in [6.45, 7) is 0. The van der Waals surface area contributed by atoms with Gasteiger partial charge in [-0.05, 0) is 110 Å². The highest BCUT2D eigenvalue weighted by molar-refractivity contribution is 6.09. The topological polar surface area (TPSA) is 77.8 Å². The van der Waals surface area contributed by atoms with Gasteiger partial charge in [-0.1, -0.05) is 188 Å². The fraction of sp³-hybridized carbons (Fsp3) is 0. The standard InChI is InChI=1S/C66H40N4O2/c1-2-14-41(15-3-1)43-30-33-44(34-31-43)65-67-59(63-61(69-65)55-26-6-8-28-57(55)71-63)52-24-12-22-50(39-52)48-20-10-18-46(36-48)47-19-11-21-49(37-47)51-23-13-25-54(40-51)66-68-60(53-35-32-42-16-4-5-17-45(42)38-53)64-62(70-66)56-27-7-9-29-58(56)72-64/h1-40H. The monoisotopic (exact) mass is 920 g/mol. The van der Waals surface area contributed by atoms with E-state index >= 15 is 0 Å². The van der Waals surface area contributed by atoms with Crippen molar-refractivity contribution in [2.75, 3.05) is 0 Å². The second kappa shape index (κ2) is 17.0. The Hall–Kier alpha value is -9.78. The molecule has 0 saturated heterocycles. The molecule has 72 heavy (non-hydrogen) atoms. The Morgan fingerprint density at radius 1 is 0.236 bits per heavy atom. The zero-order valence-electron chi connectivity index (χ0n) is 38.7. The highest BCUT2D eigenvalue weighted by Crippen LogP contribution is 2.40. The Kier molecular flexibility index (Phi) is 9.74. The number of benzene rings is 10. The molecule has 0 fully saturated rings. The van der Waals surface area contributed by atoms with Gasteiger partial charge in [-0.25, -0.2) is 19.9 Å². The van der Waals surface area contributed by atoms with Crippen molar-refractivity contribution in [3.63, 3.8) is 0 Å². The largest absolute Gasteiger partial charge is 0.452 e. The minimum atomic E-state index is 0.641. The van der Waals surface area contributed by atoms with Gasteiger partial charge < -0.3 is 8.83 Å². The molecule has 0 amide bonds. The molecular weight excluding hydrogens is 881 g/mol. The van der Waals surface area contributed by atoms with Crippen molar-refractivity contribution < 1.29 is 8.83 Å². The fourth-order valence-corrected chi connectivity index (χ4v) is 10.1. The number of fused-ring (bicyclic) bond motifs is 7. The first kappa shape index (κ1) is 41.2. The molecule has 0 radical (unpaired) electrons. The summed E-state index contributed by atoms with van der Waals surface area (Å²) in [7, 11) is 0. The van der Waals surface area contributed by atoms with E-state index in [1.165, 1.54) is 5.39 Å². The van der Waals surface area contributed by atoms with E-state index in [4.69, 9.17) is 28.8 Å². The smallest absolute Gasteiger partial charge is 0.180 e. The summed E-state index contributed by atoms with van der Waals surface area (Å²) in [5.74, 6) is 1.29. The van der Waals surface area contributed by atoms with Crippen LogP contribution in [0.4, 0.5) is 0 Å². The van der Waals surface area contributed by atoms with Crippen molar-refractivity contribution in [3.05, 3.63) is 243 Å². The van der Waals surface area contributed by atoms with Crippen LogP contribution in [0, 0.1) is 0 Å². The van der Waals surface area contributed by atoms with Crippen molar-refractivity contribution in [2.45, 2.75) is 0 Å². The number of para-hydroxylation sites is 2. The summed E-state index contributed by atoms with van der Waals surface area (Å²) in [6.07, 6.45) is 0. The second-order valence-electron chi connectivity index (χ2n) is 18.2. The fourth-order valence-electron chi connectivity index (χ4n) is 10.1. The molecule has 14 rings (SSSR count). The molecule has 14 aromatic rings. The van der Waals surface area contributed by atoms with Gasteiger partial charge in [0.1, 0.15) is 33.6 Å². The van der Waals surface area contributed by atoms with Crippen LogP contribution in [0.1, 0.15) is 0 Å². The third-order valence-electron chi connectivity index (χ3n) is 13.7. The molecule has 0 spiro atoms. The summed E-state index contributed by atoms with van der Waals surface area (Å²) in [5, 5.41) is 4.24. The zero-order valence-corrected chi connectivity index (χ0v) is 38.7. The van der Waals surface area contributed by atoms with Gasteiger partial charge in [-0.15, -0.1) is 0 Å². The van der Waals surface area contributed by atoms with E-state index in [-0.39, 0.29) is 0 Å². The molecule has 6 heteroatoms. The lowest BCUT2D eigenvalue weighted by molar-refractivity contribution is 0.667. The van der Waals surface area contributed by atoms with Crippen LogP contribution in [0.5, 0.6) is 0 Å². The lowest BCUT2D eigenvalue weighted by atomic mass is 9.95. The van der Waals surface area contributed by atoms with E-state index in [9.17, 15) is 0 Å². The van der Waals surface area contributed by atoms with Crippen LogP contribution in [0.3, 0.4) is 0 Å². The second-order valence-corrected chi connectivity index (χ2v) is 18.2. The maximum absolute atomic E-state index is 6.54. The molecule has 6 nitrogen and oxygen atoms in total. The molecule has 336 valence electrons. The predicted molar refractivity (Wildman–Crippen MR) is 293 cm³/mol. The van der Waals surface area contributed by atoms with Gasteiger partial charge in [0, 0.05) is 33.0 Å². The number of hydrogen-bond donors (Lipinski definition) is 0. The molecule has 0 aliphatic carbocycles. The normalized spacial score (nSPS) is 11.6. The Morgan fingerprint density at radius 2 is 0.611 bits per heavy atom. The minimum absolute atomic E-state index is 0.641. The van der Waals surface area contributed by atoms with Gasteiger partial charge >= 0.3 is 0 Å². The van der Waals surface area contributed by atoms with Crippen molar-refractivity contribution in [1.82, 2.24) is 19.9 Å². The summed E-state index contributed by atoms with van der Waals surface area (Å²) in [6, 6.07) is 84.4. The molecule has 0 aliphatic rings. The Bertz CT molecular complexity index is 4400. The number of nitrogens with zero attached hydrogens (tertiary/aromatic N) is 4. The van der Waals surface area contributed by atoms with Crippen molar-refractivity contribution in [2.24, 2.45) is 0 Å². The molecule has 4 heterocycles. The van der Waals surface area contributed by atoms with E-state index in [0.29, 0.717) is 22.8 Å². The Labute approximate surface area is 414 Å². The van der Waals surface area contributed by atoms with Crippen LogP contribution < -0.4 is 0 Å². The molecule has 0 aliphatic heterocycles. The van der Waals surface area contributed by atoms with E-state index in [0.717, 1.165) is 117 Å². The first-order chi connectivity index (χ1) is 35.6. The maximum Gasteiger partial charge on any atom is 0.180 e. The summed E-state index contributed by atoms with van der Waals surface area (Å²) in [5.41, 5.74) is 18.7. The highest BCUT2D eigenvalue weighted by Gasteiger charge is 2.21. The average Bonchev–Trinajstić information content (AvgIpc) is 4.04.